The second kappa shape index (κ2) is 10.4. The topological polar surface area (TPSA) is 0 Å². The zero-order valence-electron chi connectivity index (χ0n) is 14.5. The SMILES string of the molecule is F[C-](F)C(F)(F)C(F)(F)C(F)(F)C(F)(F)C(F)(F)C(F)(F)C(F)(F)C(F)(F)C(F)(F)F.[Cl][Cr+]([Cl])[Br]. The molecule has 0 aliphatic rings. The fourth-order valence-corrected chi connectivity index (χ4v) is 1.48. The van der Waals surface area contributed by atoms with Crippen molar-refractivity contribution in [1.82, 2.24) is 0 Å². The molecule has 0 unspecified atom stereocenters. The number of hydrogen-bond acceptors (Lipinski definition) is 0. The maximum absolute atomic E-state index is 13.1. The van der Waals surface area contributed by atoms with Gasteiger partial charge in [0, 0.05) is 0 Å². The molecule has 0 heterocycles. The zero-order chi connectivity index (χ0) is 29.7. The number of alkyl halides is 19. The summed E-state index contributed by atoms with van der Waals surface area (Å²) < 4.78 is 264. The third-order valence-corrected chi connectivity index (χ3v) is 3.35. The molecule has 0 saturated heterocycles. The Labute approximate surface area is 197 Å². The molecule has 0 N–H and O–H groups in total. The van der Waals surface area contributed by atoms with Crippen LogP contribution >= 0.6 is 34.1 Å². The average Bonchev–Trinajstić information content (AvgIpc) is 2.58. The van der Waals surface area contributed by atoms with Crippen molar-refractivity contribution < 1.29 is 103 Å². The fourth-order valence-electron chi connectivity index (χ4n) is 1.48. The standard InChI is InChI=1S/C10F21.BrH.2ClH.Cr/c11-1(12)2(13,14)3(15,16)4(17,18)5(19,20)6(21,22)7(23,24)8(25,26)9(27,28)10(29,30)31;;;;/h;3*1H;/q-1;;;;+4/p-3. The Bertz CT molecular complexity index is 713. The number of hydrogen-bond donors (Lipinski definition) is 0. The molecule has 0 bridgehead atoms. The van der Waals surface area contributed by atoms with Crippen LogP contribution in [-0.4, -0.2) is 53.6 Å². The molecule has 214 valence electrons. The van der Waals surface area contributed by atoms with Crippen LogP contribution in [0.5, 0.6) is 0 Å². The van der Waals surface area contributed by atoms with Crippen LogP contribution in [-0.2, 0) is 10.5 Å². The van der Waals surface area contributed by atoms with E-state index in [2.05, 4.69) is 14.1 Å². The van der Waals surface area contributed by atoms with Crippen molar-refractivity contribution in [3.8, 4) is 0 Å². The van der Waals surface area contributed by atoms with Crippen LogP contribution in [0.25, 0.3) is 0 Å². The molecule has 0 radical (unpaired) electrons. The fraction of sp³-hybridized carbons (Fsp3) is 0.900. The normalized spacial score (nSPS) is 15.9. The quantitative estimate of drug-likeness (QED) is 0.173. The summed E-state index contributed by atoms with van der Waals surface area (Å²) in [5.41, 5.74) is 0. The predicted molar refractivity (Wildman–Crippen MR) is 71.7 cm³/mol. The summed E-state index contributed by atoms with van der Waals surface area (Å²) >= 11 is 2.93. The van der Waals surface area contributed by atoms with Crippen LogP contribution in [0.2, 0.25) is 0 Å². The van der Waals surface area contributed by atoms with E-state index in [-0.39, 0.29) is 0 Å². The second-order valence-corrected chi connectivity index (χ2v) is 15.0. The first kappa shape index (κ1) is 37.3. The van der Waals surface area contributed by atoms with Crippen molar-refractivity contribution in [3.63, 3.8) is 0 Å². The van der Waals surface area contributed by atoms with E-state index in [1.54, 1.807) is 0 Å². The Morgan fingerprint density at radius 3 is 0.771 bits per heavy atom. The van der Waals surface area contributed by atoms with Crippen LogP contribution in [0.4, 0.5) is 92.2 Å². The summed E-state index contributed by atoms with van der Waals surface area (Å²) in [5.74, 6) is -69.7. The van der Waals surface area contributed by atoms with E-state index in [0.29, 0.717) is 0 Å². The van der Waals surface area contributed by atoms with Gasteiger partial charge in [0.05, 0.1) is 6.43 Å². The first-order valence-corrected chi connectivity index (χ1v) is 13.3. The first-order chi connectivity index (χ1) is 14.7. The molecule has 0 aliphatic heterocycles. The summed E-state index contributed by atoms with van der Waals surface area (Å²) in [6.45, 7) is 0. The Morgan fingerprint density at radius 2 is 0.600 bits per heavy atom. The van der Waals surface area contributed by atoms with Crippen molar-refractivity contribution >= 4 is 34.1 Å². The van der Waals surface area contributed by atoms with Gasteiger partial charge in [-0.1, -0.05) is 0 Å². The van der Waals surface area contributed by atoms with Crippen LogP contribution in [0.1, 0.15) is 0 Å². The van der Waals surface area contributed by atoms with Gasteiger partial charge >= 0.3 is 92.3 Å². The molecule has 0 aliphatic carbocycles. The van der Waals surface area contributed by atoms with Gasteiger partial charge in [0.1, 0.15) is 0 Å². The summed E-state index contributed by atoms with van der Waals surface area (Å²) in [4.78, 5) is 0. The maximum atomic E-state index is 13.1. The molecule has 0 aromatic carbocycles. The van der Waals surface area contributed by atoms with Gasteiger partial charge in [-0.25, -0.2) is 8.78 Å². The molecule has 0 spiro atoms. The molecule has 0 aromatic rings. The molecule has 0 fully saturated rings. The van der Waals surface area contributed by atoms with E-state index in [1.807, 2.05) is 0 Å². The molecular weight excluding hydrogens is 722 g/mol. The van der Waals surface area contributed by atoms with E-state index in [0.717, 1.165) is 0 Å². The van der Waals surface area contributed by atoms with Gasteiger partial charge in [-0.3, -0.25) is 0 Å². The van der Waals surface area contributed by atoms with Crippen LogP contribution in [0.15, 0.2) is 0 Å². The Kier molecular flexibility index (Phi) is 11.0. The second-order valence-electron chi connectivity index (χ2n) is 5.53. The van der Waals surface area contributed by atoms with Gasteiger partial charge in [-0.15, -0.1) is 0 Å². The van der Waals surface area contributed by atoms with Gasteiger partial charge in [0.2, 0.25) is 0 Å². The molecule has 0 nitrogen and oxygen atoms in total. The van der Waals surface area contributed by atoms with Crippen LogP contribution < -0.4 is 0 Å². The summed E-state index contributed by atoms with van der Waals surface area (Å²) in [6.07, 6.45) is -13.2. The molecule has 25 heteroatoms. The van der Waals surface area contributed by atoms with E-state index in [1.165, 1.54) is 0 Å². The predicted octanol–water partition coefficient (Wildman–Crippen LogP) is 9.28. The Hall–Kier alpha value is 0.122. The molecular formula is C10BrCl2CrF21. The summed E-state index contributed by atoms with van der Waals surface area (Å²) in [6, 6.07) is 0. The van der Waals surface area contributed by atoms with Crippen LogP contribution in [0, 0.1) is 6.43 Å². The Morgan fingerprint density at radius 1 is 0.429 bits per heavy atom. The summed E-state index contributed by atoms with van der Waals surface area (Å²) in [7, 11) is 8.88. The third kappa shape index (κ3) is 5.77. The van der Waals surface area contributed by atoms with Crippen molar-refractivity contribution in [1.29, 1.82) is 0 Å². The van der Waals surface area contributed by atoms with Crippen LogP contribution in [0.3, 0.4) is 0 Å². The monoisotopic (exact) mass is 720 g/mol. The van der Waals surface area contributed by atoms with E-state index >= 15 is 0 Å². The Balaban J connectivity index is 0. The van der Waals surface area contributed by atoms with Gasteiger partial charge in [0.15, 0.2) is 0 Å². The first-order valence-electron chi connectivity index (χ1n) is 6.68. The molecule has 0 atom stereocenters. The van der Waals surface area contributed by atoms with Gasteiger partial charge in [-0.05, 0) is 0 Å². The van der Waals surface area contributed by atoms with Gasteiger partial charge < -0.3 is 8.78 Å². The van der Waals surface area contributed by atoms with Crippen molar-refractivity contribution in [3.05, 3.63) is 6.43 Å². The molecule has 0 rings (SSSR count). The summed E-state index contributed by atoms with van der Waals surface area (Å²) in [5, 5.41) is 0. The number of rotatable bonds is 8. The van der Waals surface area contributed by atoms with Gasteiger partial charge in [0.25, 0.3) is 5.92 Å². The molecule has 35 heavy (non-hydrogen) atoms. The number of halogens is 24. The minimum atomic E-state index is -9.12. The minimum absolute atomic E-state index is 1.28. The van der Waals surface area contributed by atoms with Crippen molar-refractivity contribution in [2.75, 3.05) is 0 Å². The van der Waals surface area contributed by atoms with Crippen molar-refractivity contribution in [2.24, 2.45) is 0 Å². The van der Waals surface area contributed by atoms with Crippen molar-refractivity contribution in [2.45, 2.75) is 53.6 Å². The van der Waals surface area contributed by atoms with E-state index < -0.39 is 70.5 Å². The van der Waals surface area contributed by atoms with Gasteiger partial charge in [-0.2, -0.15) is 74.6 Å². The average molecular weight is 722 g/mol. The zero-order valence-corrected chi connectivity index (χ0v) is 18.9. The van der Waals surface area contributed by atoms with E-state index in [4.69, 9.17) is 20.1 Å². The third-order valence-electron chi connectivity index (χ3n) is 3.35. The molecule has 0 amide bonds. The molecule has 0 saturated carbocycles. The van der Waals surface area contributed by atoms with E-state index in [9.17, 15) is 92.2 Å². The molecule has 0 aromatic heterocycles.